The monoisotopic (exact) mass is 791 g/mol. The Kier molecular flexibility index (Phi) is 11.3. The van der Waals surface area contributed by atoms with Gasteiger partial charge in [-0.05, 0) is 60.5 Å². The zero-order valence-electron chi connectivity index (χ0n) is 30.7. The number of alkyl halides is 1. The fourth-order valence-corrected chi connectivity index (χ4v) is 7.96. The van der Waals surface area contributed by atoms with Gasteiger partial charge in [0.05, 0.1) is 29.4 Å². The number of aliphatic hydroxyl groups is 1. The minimum atomic E-state index is -3.75. The molecule has 3 atom stereocenters. The van der Waals surface area contributed by atoms with Gasteiger partial charge in [-0.3, -0.25) is 9.08 Å². The predicted octanol–water partition coefficient (Wildman–Crippen LogP) is 5.71. The van der Waals surface area contributed by atoms with E-state index in [0.717, 1.165) is 31.2 Å². The first-order chi connectivity index (χ1) is 26.9. The van der Waals surface area contributed by atoms with Crippen LogP contribution in [0.4, 0.5) is 19.0 Å². The van der Waals surface area contributed by atoms with Crippen LogP contribution in [0.25, 0.3) is 32.9 Å². The Labute approximate surface area is 322 Å². The van der Waals surface area contributed by atoms with Gasteiger partial charge in [0.2, 0.25) is 0 Å². The molecule has 0 spiro atoms. The van der Waals surface area contributed by atoms with Crippen molar-refractivity contribution in [3.63, 3.8) is 0 Å². The lowest BCUT2D eigenvalue weighted by Crippen LogP contribution is -2.43. The third kappa shape index (κ3) is 8.23. The standard InChI is InChI=1S/C40H40F3N5O7S/c1-4-29-32(42)10-9-26-16-28(54-23-52-2)17-30(34(26)29)36-35(43)37-31(19-45-39(47-37)53-22-40-12-6-14-48(40)20-27(41)18-40)38(46-36)44-13-11-24-7-5-8-25(15-24)33(49)21-55-56(3,50)51/h1,5,7-10,15-17,19,27,33,49H,6,11-14,18,20-23H2,2-3H3,(H,44,46)/t27-,33?,40+/m1/s1. The summed E-state index contributed by atoms with van der Waals surface area (Å²) in [4.78, 5) is 15.7. The van der Waals surface area contributed by atoms with Crippen molar-refractivity contribution in [2.24, 2.45) is 0 Å². The first-order valence-electron chi connectivity index (χ1n) is 18.0. The zero-order chi connectivity index (χ0) is 39.6. The highest BCUT2D eigenvalue weighted by Gasteiger charge is 2.49. The van der Waals surface area contributed by atoms with Gasteiger partial charge < -0.3 is 24.6 Å². The molecule has 2 aliphatic rings. The Bertz CT molecular complexity index is 2430. The van der Waals surface area contributed by atoms with Crippen LogP contribution in [-0.2, 0) is 25.5 Å². The SMILES string of the molecule is C#Cc1c(F)ccc2cc(OCOC)cc(-c3nc(NCCc4cccc(C(O)COS(C)(=O)=O)c4)c4cnc(OC[C@@]56CCCN5C[C@H](F)C6)nc4c3F)c12. The number of anilines is 1. The van der Waals surface area contributed by atoms with E-state index in [-0.39, 0.29) is 64.9 Å². The van der Waals surface area contributed by atoms with Gasteiger partial charge in [-0.2, -0.15) is 13.4 Å². The largest absolute Gasteiger partial charge is 0.468 e. The molecule has 16 heteroatoms. The third-order valence-electron chi connectivity index (χ3n) is 10.2. The van der Waals surface area contributed by atoms with Gasteiger partial charge >= 0.3 is 6.01 Å². The molecule has 5 aromatic rings. The van der Waals surface area contributed by atoms with Crippen LogP contribution < -0.4 is 14.8 Å². The molecule has 3 aromatic carbocycles. The fourth-order valence-electron chi connectivity index (χ4n) is 7.59. The normalized spacial score (nSPS) is 18.9. The molecule has 2 fully saturated rings. The van der Waals surface area contributed by atoms with Crippen molar-refractivity contribution >= 4 is 37.6 Å². The average molecular weight is 792 g/mol. The lowest BCUT2D eigenvalue weighted by molar-refractivity contribution is 0.0512. The first-order valence-corrected chi connectivity index (χ1v) is 19.8. The van der Waals surface area contributed by atoms with Crippen LogP contribution in [0.2, 0.25) is 0 Å². The molecule has 12 nitrogen and oxygen atoms in total. The van der Waals surface area contributed by atoms with Crippen molar-refractivity contribution in [1.82, 2.24) is 19.9 Å². The quantitative estimate of drug-likeness (QED) is 0.0762. The van der Waals surface area contributed by atoms with E-state index in [2.05, 4.69) is 26.1 Å². The number of benzene rings is 3. The van der Waals surface area contributed by atoms with E-state index in [1.807, 2.05) is 6.07 Å². The van der Waals surface area contributed by atoms with Crippen molar-refractivity contribution in [2.45, 2.75) is 43.5 Å². The molecule has 0 saturated carbocycles. The molecule has 2 N–H and O–H groups in total. The Morgan fingerprint density at radius 1 is 1.16 bits per heavy atom. The minimum Gasteiger partial charge on any atom is -0.468 e. The van der Waals surface area contributed by atoms with Gasteiger partial charge in [0, 0.05) is 43.8 Å². The molecule has 0 bridgehead atoms. The van der Waals surface area contributed by atoms with Gasteiger partial charge in [0.1, 0.15) is 47.5 Å². The number of hydrogen-bond acceptors (Lipinski definition) is 12. The number of ether oxygens (including phenoxy) is 3. The fraction of sp³-hybridized carbons (Fsp3) is 0.375. The van der Waals surface area contributed by atoms with E-state index in [1.165, 1.54) is 31.5 Å². The van der Waals surface area contributed by atoms with Crippen molar-refractivity contribution in [3.8, 4) is 35.4 Å². The number of aliphatic hydroxyl groups excluding tert-OH is 1. The maximum Gasteiger partial charge on any atom is 0.317 e. The summed E-state index contributed by atoms with van der Waals surface area (Å²) in [5.41, 5.74) is 0.471. The second-order valence-corrected chi connectivity index (χ2v) is 15.7. The summed E-state index contributed by atoms with van der Waals surface area (Å²) < 4.78 is 91.2. The van der Waals surface area contributed by atoms with Crippen LogP contribution >= 0.6 is 0 Å². The maximum atomic E-state index is 17.0. The van der Waals surface area contributed by atoms with Crippen molar-refractivity contribution in [1.29, 1.82) is 0 Å². The molecular weight excluding hydrogens is 752 g/mol. The van der Waals surface area contributed by atoms with Gasteiger partial charge in [-0.1, -0.05) is 36.3 Å². The highest BCUT2D eigenvalue weighted by Crippen LogP contribution is 2.42. The lowest BCUT2D eigenvalue weighted by atomic mass is 9.95. The molecule has 2 aliphatic heterocycles. The van der Waals surface area contributed by atoms with E-state index in [1.54, 1.807) is 24.3 Å². The number of methoxy groups -OCH3 is 1. The van der Waals surface area contributed by atoms with Crippen molar-refractivity contribution < 1.29 is 45.1 Å². The number of nitrogens with zero attached hydrogens (tertiary/aromatic N) is 4. The Balaban J connectivity index is 1.27. The highest BCUT2D eigenvalue weighted by atomic mass is 32.2. The molecule has 294 valence electrons. The molecule has 1 unspecified atom stereocenters. The van der Waals surface area contributed by atoms with Crippen LogP contribution in [0.3, 0.4) is 0 Å². The highest BCUT2D eigenvalue weighted by molar-refractivity contribution is 7.85. The number of nitrogens with one attached hydrogen (secondary N) is 1. The molecule has 0 aliphatic carbocycles. The van der Waals surface area contributed by atoms with E-state index in [4.69, 9.17) is 29.8 Å². The summed E-state index contributed by atoms with van der Waals surface area (Å²) in [5, 5.41) is 14.7. The van der Waals surface area contributed by atoms with Gasteiger partial charge in [-0.15, -0.1) is 6.42 Å². The summed E-state index contributed by atoms with van der Waals surface area (Å²) >= 11 is 0. The van der Waals surface area contributed by atoms with Crippen molar-refractivity contribution in [3.05, 3.63) is 83.1 Å². The molecule has 0 radical (unpaired) electrons. The summed E-state index contributed by atoms with van der Waals surface area (Å²) in [7, 11) is -2.29. The zero-order valence-corrected chi connectivity index (χ0v) is 31.5. The number of aromatic nitrogens is 3. The predicted molar refractivity (Wildman–Crippen MR) is 204 cm³/mol. The molecule has 2 saturated heterocycles. The van der Waals surface area contributed by atoms with Gasteiger partial charge in [-0.25, -0.2) is 23.1 Å². The van der Waals surface area contributed by atoms with Crippen LogP contribution in [-0.4, -0.2) is 98.1 Å². The number of hydrogen-bond donors (Lipinski definition) is 2. The van der Waals surface area contributed by atoms with Crippen LogP contribution in [0.1, 0.15) is 42.1 Å². The third-order valence-corrected chi connectivity index (χ3v) is 10.7. The van der Waals surface area contributed by atoms with E-state index < -0.39 is 46.2 Å². The number of halogens is 3. The first kappa shape index (κ1) is 39.2. The number of pyridine rings is 1. The lowest BCUT2D eigenvalue weighted by Gasteiger charge is -2.30. The number of rotatable bonds is 15. The van der Waals surface area contributed by atoms with E-state index in [0.29, 0.717) is 36.1 Å². The smallest absolute Gasteiger partial charge is 0.317 e. The summed E-state index contributed by atoms with van der Waals surface area (Å²) in [6.07, 6.45) is 8.35. The molecule has 56 heavy (non-hydrogen) atoms. The van der Waals surface area contributed by atoms with Crippen LogP contribution in [0, 0.1) is 24.0 Å². The van der Waals surface area contributed by atoms with E-state index >= 15 is 8.78 Å². The molecule has 4 heterocycles. The van der Waals surface area contributed by atoms with Crippen molar-refractivity contribution in [2.75, 3.05) is 58.3 Å². The minimum absolute atomic E-state index is 0.0922. The van der Waals surface area contributed by atoms with Gasteiger partial charge in [0.15, 0.2) is 12.6 Å². The summed E-state index contributed by atoms with van der Waals surface area (Å²) in [6, 6.07) is 12.7. The van der Waals surface area contributed by atoms with E-state index in [9.17, 15) is 17.9 Å². The Hall–Kier alpha value is -5.05. The second kappa shape index (κ2) is 16.2. The van der Waals surface area contributed by atoms with Crippen LogP contribution in [0.5, 0.6) is 11.8 Å². The topological polar surface area (TPSA) is 145 Å². The number of terminal acetylenes is 1. The Morgan fingerprint density at radius 3 is 2.79 bits per heavy atom. The molecule has 2 aromatic heterocycles. The summed E-state index contributed by atoms with van der Waals surface area (Å²) in [5.74, 6) is 1.36. The van der Waals surface area contributed by atoms with Gasteiger partial charge in [0.25, 0.3) is 10.1 Å². The van der Waals surface area contributed by atoms with Crippen LogP contribution in [0.15, 0.2) is 54.7 Å². The average Bonchev–Trinajstić information content (AvgIpc) is 3.71. The Morgan fingerprint density at radius 2 is 2.00 bits per heavy atom. The molecule has 0 amide bonds. The molecular formula is C40H40F3N5O7S. The second-order valence-electron chi connectivity index (χ2n) is 14.0. The molecule has 7 rings (SSSR count). The maximum absolute atomic E-state index is 17.0. The number of fused-ring (bicyclic) bond motifs is 3. The summed E-state index contributed by atoms with van der Waals surface area (Å²) in [6.45, 7) is 0.943.